The maximum absolute atomic E-state index is 13.4. The summed E-state index contributed by atoms with van der Waals surface area (Å²) in [5.74, 6) is 0.0884. The molecule has 164 valence electrons. The molecule has 0 aliphatic carbocycles. The van der Waals surface area contributed by atoms with Crippen LogP contribution in [-0.2, 0) is 4.79 Å². The van der Waals surface area contributed by atoms with E-state index in [0.717, 1.165) is 11.8 Å². The Hall–Kier alpha value is -3.80. The summed E-state index contributed by atoms with van der Waals surface area (Å²) in [5.41, 5.74) is 1.40. The quantitative estimate of drug-likeness (QED) is 0.321. The van der Waals surface area contributed by atoms with E-state index in [4.69, 9.17) is 16.3 Å². The normalized spacial score (nSPS) is 10.6. The minimum atomic E-state index is -0.368. The number of ether oxygens (including phenoxy) is 1. The first-order valence-electron chi connectivity index (χ1n) is 9.79. The molecule has 0 aliphatic heterocycles. The molecular weight excluding hydrogens is 460 g/mol. The first-order chi connectivity index (χ1) is 16.0. The fourth-order valence-corrected chi connectivity index (χ4v) is 4.25. The molecule has 0 unspecified atom stereocenters. The highest BCUT2D eigenvalue weighted by atomic mass is 35.5. The van der Waals surface area contributed by atoms with Crippen molar-refractivity contribution in [1.82, 2.24) is 9.55 Å². The number of hydrogen-bond acceptors (Lipinski definition) is 6. The molecule has 0 radical (unpaired) electrons. The van der Waals surface area contributed by atoms with E-state index in [1.807, 2.05) is 6.07 Å². The van der Waals surface area contributed by atoms with Crippen molar-refractivity contribution >= 4 is 45.9 Å². The molecule has 0 bridgehead atoms. The van der Waals surface area contributed by atoms with E-state index in [1.54, 1.807) is 54.6 Å². The molecule has 0 fully saturated rings. The van der Waals surface area contributed by atoms with Gasteiger partial charge < -0.3 is 10.1 Å². The Kier molecular flexibility index (Phi) is 6.63. The fourth-order valence-electron chi connectivity index (χ4n) is 3.27. The third kappa shape index (κ3) is 4.70. The number of benzene rings is 3. The number of carbonyl (C=O) groups is 1. The lowest BCUT2D eigenvalue weighted by Crippen LogP contribution is -2.23. The van der Waals surface area contributed by atoms with Gasteiger partial charge in [0.15, 0.2) is 5.16 Å². The number of para-hydroxylation sites is 3. The summed E-state index contributed by atoms with van der Waals surface area (Å²) in [6.07, 6.45) is 0. The first kappa shape index (κ1) is 22.4. The third-order valence-corrected chi connectivity index (χ3v) is 5.95. The van der Waals surface area contributed by atoms with Crippen LogP contribution < -0.4 is 15.6 Å². The second kappa shape index (κ2) is 9.77. The molecule has 9 heteroatoms. The van der Waals surface area contributed by atoms with Crippen LogP contribution in [0.1, 0.15) is 5.56 Å². The van der Waals surface area contributed by atoms with Crippen molar-refractivity contribution < 1.29 is 9.53 Å². The molecule has 1 amide bonds. The largest absolute Gasteiger partial charge is 0.495 e. The topological polar surface area (TPSA) is 97.0 Å². The van der Waals surface area contributed by atoms with Gasteiger partial charge in [-0.05, 0) is 42.5 Å². The molecule has 7 nitrogen and oxygen atoms in total. The zero-order valence-corrected chi connectivity index (χ0v) is 19.0. The lowest BCUT2D eigenvalue weighted by atomic mass is 10.2. The Labute approximate surface area is 198 Å². The van der Waals surface area contributed by atoms with E-state index in [9.17, 15) is 14.9 Å². The van der Waals surface area contributed by atoms with Crippen molar-refractivity contribution in [2.24, 2.45) is 0 Å². The zero-order chi connectivity index (χ0) is 23.4. The number of anilines is 1. The van der Waals surface area contributed by atoms with Gasteiger partial charge in [0, 0.05) is 5.02 Å². The SMILES string of the molecule is COc1ccccc1-n1c(SCC(=O)Nc2cc(Cl)ccc2C#N)nc2ccccc2c1=O. The van der Waals surface area contributed by atoms with Gasteiger partial charge in [-0.15, -0.1) is 0 Å². The smallest absolute Gasteiger partial charge is 0.266 e. The molecule has 4 aromatic rings. The van der Waals surface area contributed by atoms with E-state index in [0.29, 0.717) is 43.8 Å². The minimum Gasteiger partial charge on any atom is -0.495 e. The van der Waals surface area contributed by atoms with Gasteiger partial charge in [0.2, 0.25) is 5.91 Å². The Morgan fingerprint density at radius 3 is 2.73 bits per heavy atom. The molecule has 3 aromatic carbocycles. The van der Waals surface area contributed by atoms with E-state index in [-0.39, 0.29) is 17.2 Å². The van der Waals surface area contributed by atoms with Gasteiger partial charge in [0.1, 0.15) is 11.8 Å². The van der Waals surface area contributed by atoms with Gasteiger partial charge in [-0.3, -0.25) is 14.2 Å². The highest BCUT2D eigenvalue weighted by molar-refractivity contribution is 7.99. The average molecular weight is 477 g/mol. The average Bonchev–Trinajstić information content (AvgIpc) is 2.83. The summed E-state index contributed by atoms with van der Waals surface area (Å²) >= 11 is 7.10. The first-order valence-corrected chi connectivity index (χ1v) is 11.2. The van der Waals surface area contributed by atoms with Crippen LogP contribution in [0.2, 0.25) is 5.02 Å². The van der Waals surface area contributed by atoms with Crippen molar-refractivity contribution in [3.8, 4) is 17.5 Å². The molecule has 1 N–H and O–H groups in total. The summed E-state index contributed by atoms with van der Waals surface area (Å²) < 4.78 is 6.89. The summed E-state index contributed by atoms with van der Waals surface area (Å²) in [5, 5.41) is 13.2. The molecule has 0 spiro atoms. The van der Waals surface area contributed by atoms with E-state index in [2.05, 4.69) is 10.3 Å². The molecule has 0 saturated heterocycles. The van der Waals surface area contributed by atoms with Crippen molar-refractivity contribution in [2.75, 3.05) is 18.2 Å². The number of nitriles is 1. The maximum atomic E-state index is 13.4. The number of aromatic nitrogens is 2. The minimum absolute atomic E-state index is 0.0443. The maximum Gasteiger partial charge on any atom is 0.266 e. The van der Waals surface area contributed by atoms with Crippen LogP contribution in [-0.4, -0.2) is 28.3 Å². The number of carbonyl (C=O) groups excluding carboxylic acids is 1. The summed E-state index contributed by atoms with van der Waals surface area (Å²) in [7, 11) is 1.52. The van der Waals surface area contributed by atoms with E-state index in [1.165, 1.54) is 23.8 Å². The van der Waals surface area contributed by atoms with Crippen molar-refractivity contribution in [1.29, 1.82) is 5.26 Å². The molecule has 1 aromatic heterocycles. The van der Waals surface area contributed by atoms with Crippen LogP contribution in [0.15, 0.2) is 76.7 Å². The fraction of sp³-hybridized carbons (Fsp3) is 0.0833. The lowest BCUT2D eigenvalue weighted by molar-refractivity contribution is -0.113. The zero-order valence-electron chi connectivity index (χ0n) is 17.4. The third-order valence-electron chi connectivity index (χ3n) is 4.78. The molecule has 4 rings (SSSR count). The number of thioether (sulfide) groups is 1. The number of rotatable bonds is 6. The Morgan fingerprint density at radius 1 is 1.18 bits per heavy atom. The van der Waals surface area contributed by atoms with Gasteiger partial charge in [0.25, 0.3) is 5.56 Å². The second-order valence-corrected chi connectivity index (χ2v) is 8.24. The summed E-state index contributed by atoms with van der Waals surface area (Å²) in [6, 6.07) is 20.8. The lowest BCUT2D eigenvalue weighted by Gasteiger charge is -2.15. The number of methoxy groups -OCH3 is 1. The highest BCUT2D eigenvalue weighted by Gasteiger charge is 2.17. The summed E-state index contributed by atoms with van der Waals surface area (Å²) in [6.45, 7) is 0. The molecule has 0 aliphatic rings. The number of nitrogens with zero attached hydrogens (tertiary/aromatic N) is 3. The van der Waals surface area contributed by atoms with Crippen LogP contribution >= 0.6 is 23.4 Å². The molecular formula is C24H17ClN4O3S. The number of halogens is 1. The van der Waals surface area contributed by atoms with Crippen LogP contribution in [0.4, 0.5) is 5.69 Å². The Bertz CT molecular complexity index is 1460. The number of fused-ring (bicyclic) bond motifs is 1. The number of hydrogen-bond donors (Lipinski definition) is 1. The van der Waals surface area contributed by atoms with Crippen LogP contribution in [0.25, 0.3) is 16.6 Å². The van der Waals surface area contributed by atoms with Crippen molar-refractivity contribution in [2.45, 2.75) is 5.16 Å². The molecule has 33 heavy (non-hydrogen) atoms. The monoisotopic (exact) mass is 476 g/mol. The van der Waals surface area contributed by atoms with Gasteiger partial charge in [-0.1, -0.05) is 47.6 Å². The standard InChI is InChI=1S/C24H17ClN4O3S/c1-32-21-9-5-4-8-20(21)29-23(31)17-6-2-3-7-18(17)28-24(29)33-14-22(30)27-19-12-16(25)11-10-15(19)13-26/h2-12H,14H2,1H3,(H,27,30). The number of amides is 1. The predicted octanol–water partition coefficient (Wildman–Crippen LogP) is 4.65. The Morgan fingerprint density at radius 2 is 1.94 bits per heavy atom. The van der Waals surface area contributed by atoms with E-state index >= 15 is 0 Å². The highest BCUT2D eigenvalue weighted by Crippen LogP contribution is 2.27. The number of nitrogens with one attached hydrogen (secondary N) is 1. The van der Waals surface area contributed by atoms with Crippen LogP contribution in [0, 0.1) is 11.3 Å². The van der Waals surface area contributed by atoms with Gasteiger partial charge in [0.05, 0.1) is 40.7 Å². The van der Waals surface area contributed by atoms with Crippen LogP contribution in [0.3, 0.4) is 0 Å². The second-order valence-electron chi connectivity index (χ2n) is 6.86. The predicted molar refractivity (Wildman–Crippen MR) is 129 cm³/mol. The molecule has 0 atom stereocenters. The Balaban J connectivity index is 1.71. The summed E-state index contributed by atoms with van der Waals surface area (Å²) in [4.78, 5) is 30.7. The van der Waals surface area contributed by atoms with Gasteiger partial charge in [-0.2, -0.15) is 5.26 Å². The molecule has 0 saturated carbocycles. The van der Waals surface area contributed by atoms with Gasteiger partial charge >= 0.3 is 0 Å². The molecule has 1 heterocycles. The van der Waals surface area contributed by atoms with Crippen molar-refractivity contribution in [3.05, 3.63) is 87.7 Å². The van der Waals surface area contributed by atoms with Crippen LogP contribution in [0.5, 0.6) is 5.75 Å². The van der Waals surface area contributed by atoms with Gasteiger partial charge in [-0.25, -0.2) is 4.98 Å². The van der Waals surface area contributed by atoms with Crippen molar-refractivity contribution in [3.63, 3.8) is 0 Å². The van der Waals surface area contributed by atoms with E-state index < -0.39 is 0 Å².